The van der Waals surface area contributed by atoms with Gasteiger partial charge in [0.25, 0.3) is 0 Å². The number of aryl methyl sites for hydroxylation is 1. The number of hydrogen-bond donors (Lipinski definition) is 0. The zero-order valence-corrected chi connectivity index (χ0v) is 12.0. The fourth-order valence-corrected chi connectivity index (χ4v) is 2.07. The zero-order chi connectivity index (χ0) is 14.7. The van der Waals surface area contributed by atoms with E-state index in [0.717, 1.165) is 17.2 Å². The summed E-state index contributed by atoms with van der Waals surface area (Å²) in [7, 11) is 0. The van der Waals surface area contributed by atoms with Crippen molar-refractivity contribution in [2.45, 2.75) is 6.92 Å². The maximum absolute atomic E-state index is 5.93. The van der Waals surface area contributed by atoms with Crippen LogP contribution in [0.4, 0.5) is 0 Å². The Morgan fingerprint density at radius 2 is 2.10 bits per heavy atom. The van der Waals surface area contributed by atoms with Crippen molar-refractivity contribution < 1.29 is 0 Å². The normalized spacial score (nSPS) is 10.0. The molecule has 0 N–H and O–H groups in total. The van der Waals surface area contributed by atoms with E-state index in [4.69, 9.17) is 11.6 Å². The van der Waals surface area contributed by atoms with Crippen molar-refractivity contribution in [3.05, 3.63) is 71.2 Å². The Kier molecular flexibility index (Phi) is 3.67. The minimum Gasteiger partial charge on any atom is -0.286 e. The lowest BCUT2D eigenvalue weighted by Crippen LogP contribution is -1.98. The van der Waals surface area contributed by atoms with E-state index < -0.39 is 0 Å². The third-order valence-corrected chi connectivity index (χ3v) is 3.07. The molecule has 1 aromatic carbocycles. The van der Waals surface area contributed by atoms with Crippen molar-refractivity contribution in [3.8, 4) is 17.7 Å². The molecule has 0 aliphatic rings. The van der Waals surface area contributed by atoms with Gasteiger partial charge in [-0.25, -0.2) is 9.97 Å². The molecule has 0 amide bonds. The summed E-state index contributed by atoms with van der Waals surface area (Å²) in [6.07, 6.45) is 6.81. The number of imidazole rings is 1. The SMILES string of the molecule is Cc1nc(C#Cc2cccc(Cl)c2)cn1-c1cnccn1. The molecule has 102 valence electrons. The summed E-state index contributed by atoms with van der Waals surface area (Å²) in [5.41, 5.74) is 1.53. The molecule has 5 heteroatoms. The van der Waals surface area contributed by atoms with Crippen LogP contribution in [-0.2, 0) is 0 Å². The highest BCUT2D eigenvalue weighted by Crippen LogP contribution is 2.11. The fourth-order valence-electron chi connectivity index (χ4n) is 1.88. The molecule has 2 aromatic heterocycles. The summed E-state index contributed by atoms with van der Waals surface area (Å²) in [6, 6.07) is 7.42. The summed E-state index contributed by atoms with van der Waals surface area (Å²) in [5, 5.41) is 0.670. The van der Waals surface area contributed by atoms with Gasteiger partial charge < -0.3 is 0 Å². The molecule has 0 unspecified atom stereocenters. The van der Waals surface area contributed by atoms with Crippen LogP contribution in [0.3, 0.4) is 0 Å². The van der Waals surface area contributed by atoms with Gasteiger partial charge in [0, 0.05) is 29.2 Å². The van der Waals surface area contributed by atoms with Crippen LogP contribution in [0.15, 0.2) is 49.1 Å². The second kappa shape index (κ2) is 5.78. The predicted molar refractivity (Wildman–Crippen MR) is 81.3 cm³/mol. The molecule has 4 nitrogen and oxygen atoms in total. The molecule has 2 heterocycles. The minimum atomic E-state index is 0.670. The monoisotopic (exact) mass is 294 g/mol. The summed E-state index contributed by atoms with van der Waals surface area (Å²) >= 11 is 5.93. The number of benzene rings is 1. The topological polar surface area (TPSA) is 43.6 Å². The van der Waals surface area contributed by atoms with Crippen molar-refractivity contribution in [1.29, 1.82) is 0 Å². The van der Waals surface area contributed by atoms with Gasteiger partial charge in [-0.05, 0) is 31.0 Å². The van der Waals surface area contributed by atoms with E-state index in [-0.39, 0.29) is 0 Å². The van der Waals surface area contributed by atoms with Crippen molar-refractivity contribution in [1.82, 2.24) is 19.5 Å². The van der Waals surface area contributed by atoms with Gasteiger partial charge in [-0.1, -0.05) is 23.6 Å². The molecule has 0 saturated heterocycles. The van der Waals surface area contributed by atoms with Crippen LogP contribution in [0, 0.1) is 18.8 Å². The van der Waals surface area contributed by atoms with Crippen LogP contribution >= 0.6 is 11.6 Å². The molecule has 0 aliphatic heterocycles. The van der Waals surface area contributed by atoms with E-state index in [9.17, 15) is 0 Å². The first kappa shape index (κ1) is 13.3. The highest BCUT2D eigenvalue weighted by Gasteiger charge is 2.05. The molecule has 0 aliphatic carbocycles. The second-order valence-corrected chi connectivity index (χ2v) is 4.80. The smallest absolute Gasteiger partial charge is 0.156 e. The van der Waals surface area contributed by atoms with E-state index in [0.29, 0.717) is 10.7 Å². The van der Waals surface area contributed by atoms with Gasteiger partial charge in [-0.3, -0.25) is 9.55 Å². The Morgan fingerprint density at radius 3 is 2.86 bits per heavy atom. The average molecular weight is 295 g/mol. The van der Waals surface area contributed by atoms with Gasteiger partial charge in [0.15, 0.2) is 5.82 Å². The van der Waals surface area contributed by atoms with Gasteiger partial charge in [0.1, 0.15) is 11.5 Å². The third-order valence-electron chi connectivity index (χ3n) is 2.84. The quantitative estimate of drug-likeness (QED) is 0.648. The molecule has 0 atom stereocenters. The van der Waals surface area contributed by atoms with Crippen molar-refractivity contribution in [3.63, 3.8) is 0 Å². The standard InChI is InChI=1S/C16H11ClN4/c1-12-20-15(6-5-13-3-2-4-14(17)9-13)11-21(12)16-10-18-7-8-19-16/h2-4,7-11H,1H3. The van der Waals surface area contributed by atoms with Gasteiger partial charge >= 0.3 is 0 Å². The Bertz CT molecular complexity index is 828. The maximum Gasteiger partial charge on any atom is 0.156 e. The number of hydrogen-bond acceptors (Lipinski definition) is 3. The maximum atomic E-state index is 5.93. The molecule has 3 rings (SSSR count). The van der Waals surface area contributed by atoms with E-state index >= 15 is 0 Å². The lowest BCUT2D eigenvalue weighted by atomic mass is 10.2. The fraction of sp³-hybridized carbons (Fsp3) is 0.0625. The summed E-state index contributed by atoms with van der Waals surface area (Å²) < 4.78 is 1.86. The Labute approximate surface area is 127 Å². The van der Waals surface area contributed by atoms with Crippen LogP contribution in [-0.4, -0.2) is 19.5 Å². The van der Waals surface area contributed by atoms with Gasteiger partial charge in [-0.15, -0.1) is 0 Å². The molecule has 21 heavy (non-hydrogen) atoms. The van der Waals surface area contributed by atoms with E-state index in [2.05, 4.69) is 26.8 Å². The van der Waals surface area contributed by atoms with Gasteiger partial charge in [-0.2, -0.15) is 0 Å². The van der Waals surface area contributed by atoms with Crippen LogP contribution in [0.2, 0.25) is 5.02 Å². The van der Waals surface area contributed by atoms with Crippen LogP contribution in [0.1, 0.15) is 17.1 Å². The first-order valence-corrected chi connectivity index (χ1v) is 6.70. The van der Waals surface area contributed by atoms with E-state index in [1.807, 2.05) is 42.0 Å². The van der Waals surface area contributed by atoms with Crippen molar-refractivity contribution in [2.75, 3.05) is 0 Å². The van der Waals surface area contributed by atoms with Crippen molar-refractivity contribution in [2.24, 2.45) is 0 Å². The highest BCUT2D eigenvalue weighted by atomic mass is 35.5. The molecular formula is C16H11ClN4. The van der Waals surface area contributed by atoms with Crippen LogP contribution in [0.5, 0.6) is 0 Å². The molecular weight excluding hydrogens is 284 g/mol. The van der Waals surface area contributed by atoms with Crippen molar-refractivity contribution >= 4 is 11.6 Å². The Balaban J connectivity index is 1.92. The van der Waals surface area contributed by atoms with Crippen LogP contribution in [0.25, 0.3) is 5.82 Å². The largest absolute Gasteiger partial charge is 0.286 e. The van der Waals surface area contributed by atoms with E-state index in [1.165, 1.54) is 0 Å². The summed E-state index contributed by atoms with van der Waals surface area (Å²) in [5.74, 6) is 7.61. The summed E-state index contributed by atoms with van der Waals surface area (Å²) in [6.45, 7) is 1.90. The average Bonchev–Trinajstić information content (AvgIpc) is 2.87. The number of rotatable bonds is 1. The molecule has 0 bridgehead atoms. The lowest BCUT2D eigenvalue weighted by Gasteiger charge is -2.00. The molecule has 3 aromatic rings. The van der Waals surface area contributed by atoms with Gasteiger partial charge in [0.05, 0.1) is 6.20 Å². The number of nitrogens with zero attached hydrogens (tertiary/aromatic N) is 4. The number of halogens is 1. The lowest BCUT2D eigenvalue weighted by molar-refractivity contribution is 0.918. The molecule has 0 spiro atoms. The first-order chi connectivity index (χ1) is 10.2. The van der Waals surface area contributed by atoms with E-state index in [1.54, 1.807) is 18.6 Å². The van der Waals surface area contributed by atoms with Gasteiger partial charge in [0.2, 0.25) is 0 Å². The predicted octanol–water partition coefficient (Wildman–Crippen LogP) is 3.02. The molecule has 0 radical (unpaired) electrons. The Hall–Kier alpha value is -2.64. The molecule has 0 fully saturated rings. The first-order valence-electron chi connectivity index (χ1n) is 6.32. The molecule has 0 saturated carbocycles. The highest BCUT2D eigenvalue weighted by molar-refractivity contribution is 6.30. The van der Waals surface area contributed by atoms with Crippen LogP contribution < -0.4 is 0 Å². The zero-order valence-electron chi connectivity index (χ0n) is 11.3. The number of aromatic nitrogens is 4. The second-order valence-electron chi connectivity index (χ2n) is 4.37. The minimum absolute atomic E-state index is 0.670. The third kappa shape index (κ3) is 3.10. The Morgan fingerprint density at radius 1 is 1.19 bits per heavy atom. The summed E-state index contributed by atoms with van der Waals surface area (Å²) in [4.78, 5) is 12.7.